The van der Waals surface area contributed by atoms with E-state index in [4.69, 9.17) is 4.74 Å². The topological polar surface area (TPSA) is 74.4 Å². The number of amides is 1. The van der Waals surface area contributed by atoms with E-state index in [1.165, 1.54) is 18.1 Å². The molecule has 2 N–H and O–H groups in total. The summed E-state index contributed by atoms with van der Waals surface area (Å²) in [5.41, 5.74) is 5.90. The third kappa shape index (κ3) is 4.12. The van der Waals surface area contributed by atoms with E-state index in [-0.39, 0.29) is 47.3 Å². The number of aromatic nitrogens is 1. The Kier molecular flexibility index (Phi) is 6.78. The molecule has 36 heavy (non-hydrogen) atoms. The maximum absolute atomic E-state index is 13.6. The number of hydrogen-bond donors (Lipinski definition) is 2. The second-order valence-corrected chi connectivity index (χ2v) is 12.1. The van der Waals surface area contributed by atoms with Crippen LogP contribution in [0.1, 0.15) is 78.0 Å². The molecule has 0 saturated carbocycles. The van der Waals surface area contributed by atoms with E-state index in [1.807, 2.05) is 7.05 Å². The second kappa shape index (κ2) is 9.28. The molecule has 2 heterocycles. The number of rotatable bonds is 5. The first-order valence-electron chi connectivity index (χ1n) is 13.3. The largest absolute Gasteiger partial charge is 0.464 e. The van der Waals surface area contributed by atoms with Gasteiger partial charge in [0.15, 0.2) is 0 Å². The maximum Gasteiger partial charge on any atom is 0.302 e. The number of hydrogen-bond acceptors (Lipinski definition) is 4. The predicted molar refractivity (Wildman–Crippen MR) is 147 cm³/mol. The minimum absolute atomic E-state index is 0.0144. The summed E-state index contributed by atoms with van der Waals surface area (Å²) in [5.74, 6) is 0.173. The lowest BCUT2D eigenvalue weighted by molar-refractivity contribution is -0.142. The van der Waals surface area contributed by atoms with E-state index >= 15 is 0 Å². The summed E-state index contributed by atoms with van der Waals surface area (Å²) < 4.78 is 5.35. The lowest BCUT2D eigenvalue weighted by Gasteiger charge is -2.47. The summed E-state index contributed by atoms with van der Waals surface area (Å²) in [5, 5.41) is 4.35. The van der Waals surface area contributed by atoms with Crippen molar-refractivity contribution >= 4 is 28.5 Å². The fourth-order valence-electron chi connectivity index (χ4n) is 6.43. The monoisotopic (exact) mass is 493 g/mol. The molecular formula is C30H43N3O3. The number of benzene rings is 1. The highest BCUT2D eigenvalue weighted by atomic mass is 16.5. The first-order chi connectivity index (χ1) is 16.8. The number of nitrogens with one attached hydrogen (secondary N) is 2. The molecule has 1 amide bonds. The standard InChI is InChI=1S/C30H43N3O3/c1-10-29(7)11-12-30(8,18(4)5)22-14-23-24-20(15-31-26(24)25(22)29)13-21(16-36-19(6)34)32-28(35)27(17(2)3)33(23)9/h10,14-15,17-18,21,27,31H,1,11-13,16H2,2-9H3,(H,32,35)/t21-,27-,29+,30+/m0/s1. The maximum atomic E-state index is 13.6. The van der Waals surface area contributed by atoms with Crippen LogP contribution in [0.4, 0.5) is 5.69 Å². The average molecular weight is 494 g/mol. The number of aromatic amines is 1. The molecular weight excluding hydrogens is 450 g/mol. The molecule has 1 aliphatic heterocycles. The number of allylic oxidation sites excluding steroid dienone is 1. The van der Waals surface area contributed by atoms with E-state index in [0.29, 0.717) is 12.3 Å². The molecule has 0 spiro atoms. The minimum atomic E-state index is -0.355. The molecule has 6 heteroatoms. The van der Waals surface area contributed by atoms with Gasteiger partial charge in [0.25, 0.3) is 0 Å². The van der Waals surface area contributed by atoms with Crippen molar-refractivity contribution in [2.45, 2.75) is 90.6 Å². The highest BCUT2D eigenvalue weighted by Gasteiger charge is 2.45. The number of ether oxygens (including phenoxy) is 1. The number of carbonyl (C=O) groups excluding carboxylic acids is 2. The normalized spacial score (nSPS) is 28.4. The Labute approximate surface area is 215 Å². The fraction of sp³-hybridized carbons (Fsp3) is 0.600. The van der Waals surface area contributed by atoms with E-state index in [1.54, 1.807) is 0 Å². The molecule has 4 atom stereocenters. The SMILES string of the molecule is C=C[C@]1(C)CC[C@](C)(C(C)C)c2cc3c4c(c[nH]c4c21)C[C@@H](COC(C)=O)NC(=O)[C@H](C(C)C)N3C. The number of likely N-dealkylation sites (N-methyl/N-ethyl adjacent to an activating group) is 1. The van der Waals surface area contributed by atoms with Crippen LogP contribution in [0.3, 0.4) is 0 Å². The van der Waals surface area contributed by atoms with Gasteiger partial charge in [0.05, 0.1) is 11.6 Å². The molecule has 2 aromatic rings. The van der Waals surface area contributed by atoms with Crippen molar-refractivity contribution in [1.82, 2.24) is 10.3 Å². The molecule has 1 aliphatic carbocycles. The van der Waals surface area contributed by atoms with Crippen LogP contribution in [0.15, 0.2) is 24.9 Å². The zero-order valence-corrected chi connectivity index (χ0v) is 23.2. The lowest BCUT2D eigenvalue weighted by Crippen LogP contribution is -2.52. The quantitative estimate of drug-likeness (QED) is 0.433. The Morgan fingerprint density at radius 3 is 2.56 bits per heavy atom. The molecule has 0 fully saturated rings. The van der Waals surface area contributed by atoms with Gasteiger partial charge in [0.2, 0.25) is 5.91 Å². The minimum Gasteiger partial charge on any atom is -0.464 e. The molecule has 0 saturated heterocycles. The van der Waals surface area contributed by atoms with Gasteiger partial charge in [-0.1, -0.05) is 47.6 Å². The van der Waals surface area contributed by atoms with E-state index in [0.717, 1.165) is 35.0 Å². The van der Waals surface area contributed by atoms with Gasteiger partial charge in [0, 0.05) is 36.7 Å². The third-order valence-electron chi connectivity index (χ3n) is 9.09. The number of carbonyl (C=O) groups is 2. The highest BCUT2D eigenvalue weighted by Crippen LogP contribution is 2.54. The smallest absolute Gasteiger partial charge is 0.302 e. The van der Waals surface area contributed by atoms with Crippen molar-refractivity contribution in [3.63, 3.8) is 0 Å². The summed E-state index contributed by atoms with van der Waals surface area (Å²) in [6, 6.07) is 1.71. The summed E-state index contributed by atoms with van der Waals surface area (Å²) in [6.07, 6.45) is 6.89. The molecule has 0 radical (unpaired) electrons. The molecule has 4 rings (SSSR count). The lowest BCUT2D eigenvalue weighted by atomic mass is 9.57. The Morgan fingerprint density at radius 2 is 1.97 bits per heavy atom. The zero-order valence-electron chi connectivity index (χ0n) is 23.2. The Morgan fingerprint density at radius 1 is 1.28 bits per heavy atom. The summed E-state index contributed by atoms with van der Waals surface area (Å²) >= 11 is 0. The molecule has 6 nitrogen and oxygen atoms in total. The van der Waals surface area contributed by atoms with E-state index < -0.39 is 0 Å². The number of H-pyrrole nitrogens is 1. The van der Waals surface area contributed by atoms with Gasteiger partial charge in [-0.25, -0.2) is 0 Å². The Balaban J connectivity index is 2.04. The predicted octanol–water partition coefficient (Wildman–Crippen LogP) is 5.38. The van der Waals surface area contributed by atoms with Crippen molar-refractivity contribution in [2.24, 2.45) is 11.8 Å². The van der Waals surface area contributed by atoms with Crippen molar-refractivity contribution in [2.75, 3.05) is 18.6 Å². The van der Waals surface area contributed by atoms with Crippen molar-refractivity contribution in [3.05, 3.63) is 41.6 Å². The number of esters is 1. The van der Waals surface area contributed by atoms with Gasteiger partial charge >= 0.3 is 5.97 Å². The van der Waals surface area contributed by atoms with Crippen LogP contribution in [0.25, 0.3) is 10.9 Å². The first kappa shape index (κ1) is 26.3. The molecule has 1 aromatic heterocycles. The molecule has 1 aromatic carbocycles. The Bertz CT molecular complexity index is 1200. The Hall–Kier alpha value is -2.76. The molecule has 2 aliphatic rings. The zero-order chi connectivity index (χ0) is 26.6. The van der Waals surface area contributed by atoms with Crippen LogP contribution >= 0.6 is 0 Å². The van der Waals surface area contributed by atoms with Gasteiger partial charge in [-0.2, -0.15) is 0 Å². The van der Waals surface area contributed by atoms with Gasteiger partial charge in [-0.15, -0.1) is 6.58 Å². The number of nitrogens with zero attached hydrogens (tertiary/aromatic N) is 1. The first-order valence-corrected chi connectivity index (χ1v) is 13.3. The van der Waals surface area contributed by atoms with Crippen LogP contribution < -0.4 is 10.2 Å². The third-order valence-corrected chi connectivity index (χ3v) is 9.09. The van der Waals surface area contributed by atoms with E-state index in [9.17, 15) is 9.59 Å². The highest BCUT2D eigenvalue weighted by molar-refractivity contribution is 6.01. The van der Waals surface area contributed by atoms with Gasteiger partial charge in [-0.05, 0) is 59.3 Å². The molecule has 0 bridgehead atoms. The van der Waals surface area contributed by atoms with Gasteiger partial charge < -0.3 is 19.9 Å². The second-order valence-electron chi connectivity index (χ2n) is 12.1. The van der Waals surface area contributed by atoms with Gasteiger partial charge in [0.1, 0.15) is 12.6 Å². The molecule has 0 unspecified atom stereocenters. The van der Waals surface area contributed by atoms with Crippen molar-refractivity contribution in [3.8, 4) is 0 Å². The van der Waals surface area contributed by atoms with Gasteiger partial charge in [-0.3, -0.25) is 9.59 Å². The van der Waals surface area contributed by atoms with Crippen LogP contribution in [0.2, 0.25) is 0 Å². The number of anilines is 1. The fourth-order valence-corrected chi connectivity index (χ4v) is 6.43. The number of fused-ring (bicyclic) bond motifs is 2. The average Bonchev–Trinajstić information content (AvgIpc) is 3.23. The van der Waals surface area contributed by atoms with Crippen LogP contribution in [0.5, 0.6) is 0 Å². The van der Waals surface area contributed by atoms with Crippen molar-refractivity contribution < 1.29 is 14.3 Å². The van der Waals surface area contributed by atoms with E-state index in [2.05, 4.69) is 81.7 Å². The van der Waals surface area contributed by atoms with Crippen LogP contribution in [-0.2, 0) is 31.6 Å². The van der Waals surface area contributed by atoms with Crippen LogP contribution in [-0.4, -0.2) is 42.6 Å². The summed E-state index contributed by atoms with van der Waals surface area (Å²) in [4.78, 5) is 31.0. The summed E-state index contributed by atoms with van der Waals surface area (Å²) in [6.45, 7) is 19.3. The molecule has 196 valence electrons. The van der Waals surface area contributed by atoms with Crippen LogP contribution in [0, 0.1) is 11.8 Å². The van der Waals surface area contributed by atoms with Crippen molar-refractivity contribution in [1.29, 1.82) is 0 Å². The summed E-state index contributed by atoms with van der Waals surface area (Å²) in [7, 11) is 2.04.